The van der Waals surface area contributed by atoms with Gasteiger partial charge in [0.1, 0.15) is 17.5 Å². The van der Waals surface area contributed by atoms with Gasteiger partial charge >= 0.3 is 11.9 Å². The number of ether oxygens (including phenoxy) is 2. The van der Waals surface area contributed by atoms with Crippen LogP contribution in [0.1, 0.15) is 68.1 Å². The van der Waals surface area contributed by atoms with Crippen molar-refractivity contribution < 1.29 is 27.8 Å². The summed E-state index contributed by atoms with van der Waals surface area (Å²) in [5, 5.41) is -0.284. The van der Waals surface area contributed by atoms with Crippen molar-refractivity contribution in [2.45, 2.75) is 62.8 Å². The van der Waals surface area contributed by atoms with Gasteiger partial charge in [0.25, 0.3) is 0 Å². The second-order valence-corrected chi connectivity index (χ2v) is 8.61. The number of pyridine rings is 1. The first-order valence-corrected chi connectivity index (χ1v) is 11.3. The highest BCUT2D eigenvalue weighted by Gasteiger charge is 2.36. The topological polar surface area (TPSA) is 74.6 Å². The average molecular weight is 454 g/mol. The zero-order valence-corrected chi connectivity index (χ0v) is 18.4. The minimum Gasteiger partial charge on any atom is -0.463 e. The fourth-order valence-corrected chi connectivity index (χ4v) is 4.70. The molecule has 3 rings (SSSR count). The molecule has 6 nitrogen and oxygen atoms in total. The molecule has 1 unspecified atom stereocenters. The number of aromatic nitrogens is 1. The molecule has 2 heterocycles. The number of rotatable bonds is 10. The fraction of sp³-hybridized carbons (Fsp3) is 0.500. The lowest BCUT2D eigenvalue weighted by molar-refractivity contribution is -0.141. The van der Waals surface area contributed by atoms with E-state index < -0.39 is 34.4 Å². The predicted octanol–water partition coefficient (Wildman–Crippen LogP) is 4.96. The van der Waals surface area contributed by atoms with Gasteiger partial charge in [0.05, 0.1) is 17.1 Å². The molecule has 0 spiro atoms. The minimum atomic E-state index is -1.18. The predicted molar refractivity (Wildman–Crippen MR) is 113 cm³/mol. The van der Waals surface area contributed by atoms with E-state index >= 15 is 0 Å². The van der Waals surface area contributed by atoms with Crippen molar-refractivity contribution in [2.24, 2.45) is 0 Å². The average Bonchev–Trinajstić information content (AvgIpc) is 2.70. The van der Waals surface area contributed by atoms with Crippen LogP contribution in [0.4, 0.5) is 8.78 Å². The number of nitrogens with zero attached hydrogens (tertiary/aromatic N) is 1. The number of esters is 2. The molecular formula is C22H25F2NO5S. The van der Waals surface area contributed by atoms with E-state index in [-0.39, 0.29) is 29.7 Å². The van der Waals surface area contributed by atoms with Crippen molar-refractivity contribution >= 4 is 34.6 Å². The van der Waals surface area contributed by atoms with Crippen LogP contribution in [-0.4, -0.2) is 29.7 Å². The molecule has 0 fully saturated rings. The maximum Gasteiger partial charge on any atom is 0.344 e. The Morgan fingerprint density at radius 3 is 2.45 bits per heavy atom. The number of fused-ring (bicyclic) bond motifs is 3. The zero-order chi connectivity index (χ0) is 22.5. The summed E-state index contributed by atoms with van der Waals surface area (Å²) >= 11 is 1.16. The van der Waals surface area contributed by atoms with Gasteiger partial charge in [0, 0.05) is 18.4 Å². The van der Waals surface area contributed by atoms with Gasteiger partial charge < -0.3 is 14.0 Å². The Balaban J connectivity index is 1.85. The Labute approximate surface area is 182 Å². The van der Waals surface area contributed by atoms with Crippen molar-refractivity contribution in [3.05, 3.63) is 39.6 Å². The Morgan fingerprint density at radius 2 is 1.74 bits per heavy atom. The molecule has 31 heavy (non-hydrogen) atoms. The molecule has 1 aliphatic rings. The van der Waals surface area contributed by atoms with Crippen LogP contribution in [0.3, 0.4) is 0 Å². The Morgan fingerprint density at radius 1 is 1.06 bits per heavy atom. The van der Waals surface area contributed by atoms with Crippen molar-refractivity contribution in [1.29, 1.82) is 0 Å². The van der Waals surface area contributed by atoms with E-state index in [4.69, 9.17) is 9.47 Å². The smallest absolute Gasteiger partial charge is 0.344 e. The molecule has 168 valence electrons. The third kappa shape index (κ3) is 5.08. The highest BCUT2D eigenvalue weighted by atomic mass is 32.2. The second kappa shape index (κ2) is 10.3. The molecule has 0 aliphatic carbocycles. The highest BCUT2D eigenvalue weighted by Crippen LogP contribution is 2.47. The molecule has 1 aromatic heterocycles. The quantitative estimate of drug-likeness (QED) is 0.374. The van der Waals surface area contributed by atoms with Gasteiger partial charge in [-0.3, -0.25) is 9.59 Å². The summed E-state index contributed by atoms with van der Waals surface area (Å²) in [6.07, 6.45) is 6.11. The van der Waals surface area contributed by atoms with E-state index in [1.807, 2.05) is 0 Å². The molecular weight excluding hydrogens is 428 g/mol. The summed E-state index contributed by atoms with van der Waals surface area (Å²) in [5.41, 5.74) is -0.762. The number of benzene rings is 1. The first-order valence-electron chi connectivity index (χ1n) is 10.4. The molecule has 0 radical (unpaired) electrons. The van der Waals surface area contributed by atoms with Gasteiger partial charge in [-0.25, -0.2) is 13.6 Å². The molecule has 1 aromatic carbocycles. The van der Waals surface area contributed by atoms with Crippen LogP contribution in [0, 0.1) is 11.6 Å². The van der Waals surface area contributed by atoms with E-state index in [1.54, 1.807) is 0 Å². The number of carbonyl (C=O) groups excluding carboxylic acids is 2. The minimum absolute atomic E-state index is 0.0315. The number of hydrogen-bond donors (Lipinski definition) is 0. The standard InChI is InChI=1S/C22H25F2NO5S/c1-3-4-5-6-7-8-9-29-22(28)19-20(27)14-10-15(23)16(24)11-17(14)25-18(31-21(19)25)12-30-13(2)26/h10-11,18H,3-9,12H2,1-2H3. The molecule has 0 amide bonds. The molecule has 1 atom stereocenters. The van der Waals surface area contributed by atoms with Crippen LogP contribution in [-0.2, 0) is 14.3 Å². The summed E-state index contributed by atoms with van der Waals surface area (Å²) < 4.78 is 39.5. The van der Waals surface area contributed by atoms with Crippen LogP contribution < -0.4 is 5.43 Å². The summed E-state index contributed by atoms with van der Waals surface area (Å²) in [6, 6.07) is 1.71. The SMILES string of the molecule is CCCCCCCCOC(=O)c1c2n(c3cc(F)c(F)cc3c1=O)C(COC(C)=O)S2. The van der Waals surface area contributed by atoms with E-state index in [2.05, 4.69) is 6.92 Å². The Hall–Kier alpha value is -2.42. The fourth-order valence-electron chi connectivity index (χ4n) is 3.51. The van der Waals surface area contributed by atoms with E-state index in [9.17, 15) is 23.2 Å². The molecule has 0 N–H and O–H groups in total. The maximum absolute atomic E-state index is 13.9. The number of unbranched alkanes of at least 4 members (excludes halogenated alkanes) is 5. The van der Waals surface area contributed by atoms with Crippen LogP contribution in [0.25, 0.3) is 10.9 Å². The zero-order valence-electron chi connectivity index (χ0n) is 17.5. The highest BCUT2D eigenvalue weighted by molar-refractivity contribution is 8.00. The number of thioether (sulfide) groups is 1. The monoisotopic (exact) mass is 453 g/mol. The van der Waals surface area contributed by atoms with Gasteiger partial charge in [0.2, 0.25) is 5.43 Å². The summed E-state index contributed by atoms with van der Waals surface area (Å²) in [7, 11) is 0. The van der Waals surface area contributed by atoms with E-state index in [0.717, 1.165) is 49.6 Å². The van der Waals surface area contributed by atoms with Gasteiger partial charge in [-0.1, -0.05) is 50.8 Å². The molecule has 0 saturated heterocycles. The Bertz CT molecular complexity index is 1050. The Kier molecular flexibility index (Phi) is 7.69. The summed E-state index contributed by atoms with van der Waals surface area (Å²) in [6.45, 7) is 3.54. The molecule has 9 heteroatoms. The second-order valence-electron chi connectivity index (χ2n) is 7.44. The number of halogens is 2. The van der Waals surface area contributed by atoms with E-state index in [0.29, 0.717) is 11.4 Å². The van der Waals surface area contributed by atoms with Crippen LogP contribution in [0.5, 0.6) is 0 Å². The lowest BCUT2D eigenvalue weighted by Crippen LogP contribution is -2.32. The normalized spacial score (nSPS) is 14.8. The molecule has 0 bridgehead atoms. The van der Waals surface area contributed by atoms with Crippen molar-refractivity contribution in [1.82, 2.24) is 4.57 Å². The number of hydrogen-bond acceptors (Lipinski definition) is 6. The van der Waals surface area contributed by atoms with Gasteiger partial charge in [-0.05, 0) is 12.5 Å². The van der Waals surface area contributed by atoms with Crippen LogP contribution >= 0.6 is 11.8 Å². The van der Waals surface area contributed by atoms with Gasteiger partial charge in [0.15, 0.2) is 11.6 Å². The first kappa shape index (κ1) is 23.2. The van der Waals surface area contributed by atoms with E-state index in [1.165, 1.54) is 17.9 Å². The first-order chi connectivity index (χ1) is 14.8. The van der Waals surface area contributed by atoms with Crippen molar-refractivity contribution in [3.63, 3.8) is 0 Å². The van der Waals surface area contributed by atoms with Crippen LogP contribution in [0.2, 0.25) is 0 Å². The largest absolute Gasteiger partial charge is 0.463 e. The summed E-state index contributed by atoms with van der Waals surface area (Å²) in [4.78, 5) is 36.7. The molecule has 2 aromatic rings. The molecule has 0 saturated carbocycles. The van der Waals surface area contributed by atoms with Gasteiger partial charge in [-0.2, -0.15) is 0 Å². The summed E-state index contributed by atoms with van der Waals surface area (Å²) in [5.74, 6) is -3.56. The van der Waals surface area contributed by atoms with Gasteiger partial charge in [-0.15, -0.1) is 0 Å². The third-order valence-electron chi connectivity index (χ3n) is 5.10. The number of carbonyl (C=O) groups is 2. The van der Waals surface area contributed by atoms with Crippen molar-refractivity contribution in [2.75, 3.05) is 13.2 Å². The lowest BCUT2D eigenvalue weighted by Gasteiger charge is -2.34. The van der Waals surface area contributed by atoms with Crippen molar-refractivity contribution in [3.8, 4) is 0 Å². The lowest BCUT2D eigenvalue weighted by atomic mass is 10.1. The maximum atomic E-state index is 13.9. The van der Waals surface area contributed by atoms with Crippen LogP contribution in [0.15, 0.2) is 22.0 Å². The molecule has 1 aliphatic heterocycles. The third-order valence-corrected chi connectivity index (χ3v) is 6.35.